The Morgan fingerprint density at radius 1 is 1.33 bits per heavy atom. The molecule has 7 nitrogen and oxygen atoms in total. The highest BCUT2D eigenvalue weighted by atomic mass is 16.5. The van der Waals surface area contributed by atoms with Gasteiger partial charge in [-0.1, -0.05) is 6.07 Å². The highest BCUT2D eigenvalue weighted by Crippen LogP contribution is 2.29. The zero-order valence-corrected chi connectivity index (χ0v) is 16.0. The SMILES string of the molecule is COc1cc(/C=C/C(=O)OCC(=O)NC[C@H]2CCCO2)ccc1OC(C)C. The summed E-state index contributed by atoms with van der Waals surface area (Å²) < 4.78 is 21.3. The van der Waals surface area contributed by atoms with Crippen LogP contribution in [0.2, 0.25) is 0 Å². The van der Waals surface area contributed by atoms with Crippen molar-refractivity contribution in [3.05, 3.63) is 29.8 Å². The minimum absolute atomic E-state index is 0.0293. The molecule has 1 aromatic rings. The topological polar surface area (TPSA) is 83.1 Å². The molecule has 0 radical (unpaired) electrons. The molecule has 148 valence electrons. The molecule has 0 aliphatic carbocycles. The fraction of sp³-hybridized carbons (Fsp3) is 0.500. The number of hydrogen-bond acceptors (Lipinski definition) is 6. The molecule has 1 atom stereocenters. The molecule has 1 fully saturated rings. The molecule has 1 amide bonds. The van der Waals surface area contributed by atoms with Gasteiger partial charge in [0, 0.05) is 19.2 Å². The highest BCUT2D eigenvalue weighted by Gasteiger charge is 2.16. The first-order valence-electron chi connectivity index (χ1n) is 9.05. The molecule has 1 saturated heterocycles. The second-order valence-corrected chi connectivity index (χ2v) is 6.46. The third-order valence-electron chi connectivity index (χ3n) is 3.86. The van der Waals surface area contributed by atoms with Gasteiger partial charge in [-0.25, -0.2) is 4.79 Å². The van der Waals surface area contributed by atoms with E-state index in [0.29, 0.717) is 18.0 Å². The first-order chi connectivity index (χ1) is 13.0. The van der Waals surface area contributed by atoms with E-state index in [0.717, 1.165) is 25.0 Å². The minimum Gasteiger partial charge on any atom is -0.493 e. The molecule has 1 heterocycles. The molecule has 1 N–H and O–H groups in total. The first kappa shape index (κ1) is 20.8. The van der Waals surface area contributed by atoms with Crippen molar-refractivity contribution in [2.75, 3.05) is 26.9 Å². The monoisotopic (exact) mass is 377 g/mol. The Balaban J connectivity index is 1.78. The van der Waals surface area contributed by atoms with Crippen LogP contribution in [0.4, 0.5) is 0 Å². The molecular formula is C20H27NO6. The molecule has 1 aromatic carbocycles. The van der Waals surface area contributed by atoms with Crippen molar-refractivity contribution in [3.63, 3.8) is 0 Å². The van der Waals surface area contributed by atoms with Crippen molar-refractivity contribution < 1.29 is 28.5 Å². The quantitative estimate of drug-likeness (QED) is 0.525. The molecule has 0 aromatic heterocycles. The summed E-state index contributed by atoms with van der Waals surface area (Å²) in [5.74, 6) is 0.274. The smallest absolute Gasteiger partial charge is 0.331 e. The summed E-state index contributed by atoms with van der Waals surface area (Å²) in [5, 5.41) is 2.69. The summed E-state index contributed by atoms with van der Waals surface area (Å²) in [6, 6.07) is 5.34. The maximum atomic E-state index is 11.8. The number of nitrogens with one attached hydrogen (secondary N) is 1. The Morgan fingerprint density at radius 2 is 2.15 bits per heavy atom. The lowest BCUT2D eigenvalue weighted by Crippen LogP contribution is -2.34. The van der Waals surface area contributed by atoms with E-state index in [4.69, 9.17) is 18.9 Å². The van der Waals surface area contributed by atoms with Crippen LogP contribution in [0.3, 0.4) is 0 Å². The molecule has 0 bridgehead atoms. The lowest BCUT2D eigenvalue weighted by Gasteiger charge is -2.13. The van der Waals surface area contributed by atoms with Gasteiger partial charge in [-0.2, -0.15) is 0 Å². The molecule has 7 heteroatoms. The van der Waals surface area contributed by atoms with E-state index >= 15 is 0 Å². The number of benzene rings is 1. The van der Waals surface area contributed by atoms with Gasteiger partial charge in [-0.3, -0.25) is 4.79 Å². The van der Waals surface area contributed by atoms with Crippen LogP contribution in [-0.2, 0) is 19.1 Å². The molecule has 1 aliphatic rings. The molecular weight excluding hydrogens is 350 g/mol. The third-order valence-corrected chi connectivity index (χ3v) is 3.86. The fourth-order valence-corrected chi connectivity index (χ4v) is 2.57. The fourth-order valence-electron chi connectivity index (χ4n) is 2.57. The first-order valence-corrected chi connectivity index (χ1v) is 9.05. The van der Waals surface area contributed by atoms with Crippen molar-refractivity contribution in [1.29, 1.82) is 0 Å². The van der Waals surface area contributed by atoms with E-state index in [9.17, 15) is 9.59 Å². The van der Waals surface area contributed by atoms with E-state index in [-0.39, 0.29) is 24.7 Å². The van der Waals surface area contributed by atoms with Gasteiger partial charge in [0.1, 0.15) is 0 Å². The highest BCUT2D eigenvalue weighted by molar-refractivity contribution is 5.89. The van der Waals surface area contributed by atoms with E-state index in [1.165, 1.54) is 6.08 Å². The molecule has 0 spiro atoms. The Labute approximate surface area is 159 Å². The number of esters is 1. The predicted molar refractivity (Wildman–Crippen MR) is 101 cm³/mol. The Bertz CT molecular complexity index is 664. The summed E-state index contributed by atoms with van der Waals surface area (Å²) in [6.45, 7) is 4.72. The van der Waals surface area contributed by atoms with Crippen molar-refractivity contribution >= 4 is 18.0 Å². The Hall–Kier alpha value is -2.54. The van der Waals surface area contributed by atoms with Gasteiger partial charge < -0.3 is 24.3 Å². The van der Waals surface area contributed by atoms with E-state index in [2.05, 4.69) is 5.32 Å². The average Bonchev–Trinajstić information content (AvgIpc) is 3.17. The van der Waals surface area contributed by atoms with Crippen LogP contribution in [0, 0.1) is 0 Å². The van der Waals surface area contributed by atoms with Gasteiger partial charge in [0.15, 0.2) is 18.1 Å². The zero-order chi connectivity index (χ0) is 19.6. The van der Waals surface area contributed by atoms with Gasteiger partial charge >= 0.3 is 5.97 Å². The number of rotatable bonds is 9. The van der Waals surface area contributed by atoms with Crippen LogP contribution in [0.5, 0.6) is 11.5 Å². The van der Waals surface area contributed by atoms with Crippen LogP contribution >= 0.6 is 0 Å². The number of hydrogen-bond donors (Lipinski definition) is 1. The average molecular weight is 377 g/mol. The standard InChI is InChI=1S/C20H27NO6/c1-14(2)27-17-8-6-15(11-18(17)24-3)7-9-20(23)26-13-19(22)21-12-16-5-4-10-25-16/h6-9,11,14,16H,4-5,10,12-13H2,1-3H3,(H,21,22)/b9-7+/t16-/m1/s1. The van der Waals surface area contributed by atoms with Crippen LogP contribution in [0.15, 0.2) is 24.3 Å². The van der Waals surface area contributed by atoms with Gasteiger partial charge in [0.05, 0.1) is 19.3 Å². The normalized spacial score (nSPS) is 16.5. The Morgan fingerprint density at radius 3 is 2.81 bits per heavy atom. The van der Waals surface area contributed by atoms with Crippen LogP contribution in [-0.4, -0.2) is 51.0 Å². The second-order valence-electron chi connectivity index (χ2n) is 6.46. The van der Waals surface area contributed by atoms with Crippen molar-refractivity contribution in [2.24, 2.45) is 0 Å². The maximum Gasteiger partial charge on any atom is 0.331 e. The van der Waals surface area contributed by atoms with Gasteiger partial charge in [-0.05, 0) is 50.5 Å². The van der Waals surface area contributed by atoms with Crippen molar-refractivity contribution in [3.8, 4) is 11.5 Å². The van der Waals surface area contributed by atoms with Crippen molar-refractivity contribution in [2.45, 2.75) is 38.9 Å². The summed E-state index contributed by atoms with van der Waals surface area (Å²) in [6.07, 6.45) is 4.89. The van der Waals surface area contributed by atoms with Gasteiger partial charge in [0.25, 0.3) is 5.91 Å². The van der Waals surface area contributed by atoms with E-state index in [1.54, 1.807) is 31.4 Å². The van der Waals surface area contributed by atoms with Crippen LogP contribution in [0.25, 0.3) is 6.08 Å². The lowest BCUT2D eigenvalue weighted by molar-refractivity contribution is -0.143. The number of methoxy groups -OCH3 is 1. The Kier molecular flexibility index (Phi) is 8.13. The maximum absolute atomic E-state index is 11.8. The molecule has 2 rings (SSSR count). The van der Waals surface area contributed by atoms with E-state index < -0.39 is 5.97 Å². The van der Waals surface area contributed by atoms with E-state index in [1.807, 2.05) is 13.8 Å². The van der Waals surface area contributed by atoms with Crippen molar-refractivity contribution in [1.82, 2.24) is 5.32 Å². The number of carbonyl (C=O) groups excluding carboxylic acids is 2. The summed E-state index contributed by atoms with van der Waals surface area (Å²) >= 11 is 0. The summed E-state index contributed by atoms with van der Waals surface area (Å²) in [4.78, 5) is 23.5. The summed E-state index contributed by atoms with van der Waals surface area (Å²) in [5.41, 5.74) is 0.753. The molecule has 0 saturated carbocycles. The van der Waals surface area contributed by atoms with Crippen LogP contribution < -0.4 is 14.8 Å². The van der Waals surface area contributed by atoms with Gasteiger partial charge in [-0.15, -0.1) is 0 Å². The number of carbonyl (C=O) groups is 2. The predicted octanol–water partition coefficient (Wildman–Crippen LogP) is 2.33. The second kappa shape index (κ2) is 10.6. The van der Waals surface area contributed by atoms with Gasteiger partial charge in [0.2, 0.25) is 0 Å². The zero-order valence-electron chi connectivity index (χ0n) is 16.0. The minimum atomic E-state index is -0.594. The third kappa shape index (κ3) is 7.30. The molecule has 27 heavy (non-hydrogen) atoms. The van der Waals surface area contributed by atoms with Crippen LogP contribution in [0.1, 0.15) is 32.3 Å². The molecule has 1 aliphatic heterocycles. The summed E-state index contributed by atoms with van der Waals surface area (Å²) in [7, 11) is 1.56. The lowest BCUT2D eigenvalue weighted by atomic mass is 10.2. The number of ether oxygens (including phenoxy) is 4. The number of amides is 1. The molecule has 0 unspecified atom stereocenters. The largest absolute Gasteiger partial charge is 0.493 e.